The number of thioether (sulfide) groups is 1. The lowest BCUT2D eigenvalue weighted by atomic mass is 10.0. The van der Waals surface area contributed by atoms with Gasteiger partial charge in [-0.15, -0.1) is 5.10 Å². The van der Waals surface area contributed by atoms with E-state index in [0.717, 1.165) is 50.3 Å². The quantitative estimate of drug-likeness (QED) is 0.600. The molecule has 5 rings (SSSR count). The molecule has 7 nitrogen and oxygen atoms in total. The fraction of sp³-hybridized carbons (Fsp3) is 0.364. The molecule has 0 unspecified atom stereocenters. The number of aryl methyl sites for hydroxylation is 2. The van der Waals surface area contributed by atoms with Gasteiger partial charge in [-0.25, -0.2) is 4.68 Å². The van der Waals surface area contributed by atoms with Gasteiger partial charge in [0.05, 0.1) is 23.2 Å². The lowest BCUT2D eigenvalue weighted by Crippen LogP contribution is -2.29. The second-order valence-electron chi connectivity index (χ2n) is 7.52. The predicted octanol–water partition coefficient (Wildman–Crippen LogP) is 3.58. The van der Waals surface area contributed by atoms with E-state index in [1.54, 1.807) is 0 Å². The predicted molar refractivity (Wildman–Crippen MR) is 115 cm³/mol. The Morgan fingerprint density at radius 1 is 1.00 bits per heavy atom. The largest absolute Gasteiger partial charge is 0.381 e. The second-order valence-corrected chi connectivity index (χ2v) is 8.47. The number of hydrogen-bond donors (Lipinski definition) is 0. The second kappa shape index (κ2) is 8.57. The van der Waals surface area contributed by atoms with E-state index >= 15 is 0 Å². The number of aromatic nitrogens is 4. The summed E-state index contributed by atoms with van der Waals surface area (Å²) in [4.78, 5) is 15.3. The van der Waals surface area contributed by atoms with E-state index in [2.05, 4.69) is 27.7 Å². The molecule has 2 aliphatic rings. The van der Waals surface area contributed by atoms with E-state index in [4.69, 9.17) is 4.74 Å². The molecule has 2 aliphatic heterocycles. The van der Waals surface area contributed by atoms with Crippen molar-refractivity contribution in [1.82, 2.24) is 20.2 Å². The number of nitrogens with zero attached hydrogens (tertiary/aromatic N) is 5. The smallest absolute Gasteiger partial charge is 0.242 e. The molecular formula is C22H23N5O2S. The number of tetrazole rings is 1. The third-order valence-electron chi connectivity index (χ3n) is 5.70. The summed E-state index contributed by atoms with van der Waals surface area (Å²) in [5, 5.41) is 12.9. The fourth-order valence-corrected chi connectivity index (χ4v) is 4.97. The highest BCUT2D eigenvalue weighted by atomic mass is 32.2. The Balaban J connectivity index is 1.40. The molecule has 0 atom stereocenters. The molecular weight excluding hydrogens is 398 g/mol. The third-order valence-corrected chi connectivity index (χ3v) is 6.62. The van der Waals surface area contributed by atoms with Crippen molar-refractivity contribution >= 4 is 29.0 Å². The molecule has 3 heterocycles. The summed E-state index contributed by atoms with van der Waals surface area (Å²) < 4.78 is 7.30. The number of carbonyl (C=O) groups excluding carboxylic acids is 1. The minimum Gasteiger partial charge on any atom is -0.381 e. The van der Waals surface area contributed by atoms with Crippen molar-refractivity contribution < 1.29 is 9.53 Å². The first kappa shape index (κ1) is 19.3. The normalized spacial score (nSPS) is 16.6. The summed E-state index contributed by atoms with van der Waals surface area (Å²) in [6.07, 6.45) is 3.62. The maximum absolute atomic E-state index is 13.5. The summed E-state index contributed by atoms with van der Waals surface area (Å²) in [5.41, 5.74) is 4.33. The Morgan fingerprint density at radius 2 is 1.63 bits per heavy atom. The van der Waals surface area contributed by atoms with Crippen molar-refractivity contribution in [2.75, 3.05) is 23.9 Å². The van der Waals surface area contributed by atoms with Crippen molar-refractivity contribution in [3.8, 4) is 0 Å². The minimum atomic E-state index is 0.0309. The Bertz CT molecular complexity index is 1000. The van der Waals surface area contributed by atoms with Gasteiger partial charge in [0.15, 0.2) is 0 Å². The van der Waals surface area contributed by atoms with E-state index < -0.39 is 0 Å². The first-order chi connectivity index (χ1) is 14.8. The maximum atomic E-state index is 13.5. The number of benzene rings is 2. The zero-order valence-electron chi connectivity index (χ0n) is 16.6. The lowest BCUT2D eigenvalue weighted by Gasteiger charge is -2.25. The molecule has 0 spiro atoms. The average Bonchev–Trinajstić information content (AvgIpc) is 3.20. The minimum absolute atomic E-state index is 0.0309. The van der Waals surface area contributed by atoms with Crippen LogP contribution in [0.3, 0.4) is 0 Å². The van der Waals surface area contributed by atoms with Crippen LogP contribution in [0.2, 0.25) is 0 Å². The monoisotopic (exact) mass is 421 g/mol. The molecule has 1 saturated heterocycles. The molecule has 0 radical (unpaired) electrons. The molecule has 3 aromatic rings. The molecule has 0 bridgehead atoms. The first-order valence-corrected chi connectivity index (χ1v) is 11.3. The van der Waals surface area contributed by atoms with E-state index in [9.17, 15) is 4.79 Å². The topological polar surface area (TPSA) is 73.1 Å². The van der Waals surface area contributed by atoms with Crippen LogP contribution in [0.15, 0.2) is 53.7 Å². The van der Waals surface area contributed by atoms with Gasteiger partial charge in [-0.3, -0.25) is 9.69 Å². The summed E-state index contributed by atoms with van der Waals surface area (Å²) in [6, 6.07) is 16.6. The van der Waals surface area contributed by atoms with Crippen LogP contribution in [0, 0.1) is 0 Å². The Labute approximate surface area is 179 Å². The van der Waals surface area contributed by atoms with Crippen molar-refractivity contribution in [3.63, 3.8) is 0 Å². The number of para-hydroxylation sites is 2. The molecule has 0 aliphatic carbocycles. The summed E-state index contributed by atoms with van der Waals surface area (Å²) in [7, 11) is 0. The molecule has 8 heteroatoms. The van der Waals surface area contributed by atoms with E-state index in [1.807, 2.05) is 46.0 Å². The number of carbonyl (C=O) groups is 1. The van der Waals surface area contributed by atoms with Crippen LogP contribution < -0.4 is 4.90 Å². The fourth-order valence-electron chi connectivity index (χ4n) is 4.18. The first-order valence-electron chi connectivity index (χ1n) is 10.3. The van der Waals surface area contributed by atoms with Gasteiger partial charge in [0, 0.05) is 13.2 Å². The third kappa shape index (κ3) is 3.73. The van der Waals surface area contributed by atoms with Crippen LogP contribution in [0.1, 0.15) is 30.0 Å². The lowest BCUT2D eigenvalue weighted by molar-refractivity contribution is -0.115. The highest BCUT2D eigenvalue weighted by molar-refractivity contribution is 7.99. The zero-order valence-corrected chi connectivity index (χ0v) is 17.4. The van der Waals surface area contributed by atoms with Gasteiger partial charge < -0.3 is 4.74 Å². The van der Waals surface area contributed by atoms with E-state index in [1.165, 1.54) is 22.9 Å². The van der Waals surface area contributed by atoms with Crippen LogP contribution >= 0.6 is 11.8 Å². The molecule has 0 N–H and O–H groups in total. The molecule has 30 heavy (non-hydrogen) atoms. The molecule has 1 amide bonds. The average molecular weight is 422 g/mol. The molecule has 2 aromatic carbocycles. The van der Waals surface area contributed by atoms with Crippen LogP contribution in [-0.2, 0) is 22.4 Å². The van der Waals surface area contributed by atoms with Crippen molar-refractivity contribution in [3.05, 3.63) is 59.7 Å². The van der Waals surface area contributed by atoms with Gasteiger partial charge in [0.25, 0.3) is 0 Å². The van der Waals surface area contributed by atoms with Crippen LogP contribution in [0.25, 0.3) is 0 Å². The Hall–Kier alpha value is -2.71. The van der Waals surface area contributed by atoms with E-state index in [0.29, 0.717) is 5.16 Å². The van der Waals surface area contributed by atoms with Gasteiger partial charge in [-0.1, -0.05) is 48.2 Å². The summed E-state index contributed by atoms with van der Waals surface area (Å²) in [6.45, 7) is 1.43. The van der Waals surface area contributed by atoms with Gasteiger partial charge >= 0.3 is 0 Å². The Morgan fingerprint density at radius 3 is 2.30 bits per heavy atom. The number of ether oxygens (including phenoxy) is 1. The van der Waals surface area contributed by atoms with Crippen LogP contribution in [0.4, 0.5) is 11.4 Å². The SMILES string of the molecule is O=C(CSc1nnnn1C1CCOCC1)N1c2ccccc2CCc2ccccc21. The van der Waals surface area contributed by atoms with Gasteiger partial charge in [0.1, 0.15) is 0 Å². The van der Waals surface area contributed by atoms with Gasteiger partial charge in [0.2, 0.25) is 11.1 Å². The number of anilines is 2. The van der Waals surface area contributed by atoms with Crippen LogP contribution in [0.5, 0.6) is 0 Å². The van der Waals surface area contributed by atoms with Gasteiger partial charge in [-0.05, 0) is 59.4 Å². The van der Waals surface area contributed by atoms with Gasteiger partial charge in [-0.2, -0.15) is 0 Å². The van der Waals surface area contributed by atoms with Crippen molar-refractivity contribution in [2.45, 2.75) is 36.9 Å². The number of amides is 1. The standard InChI is InChI=1S/C22H23N5O2S/c28-21(15-30-22-23-24-25-27(22)18-11-13-29-14-12-18)26-19-7-3-1-5-16(19)9-10-17-6-2-4-8-20(17)26/h1-8,18H,9-15H2. The molecule has 1 fully saturated rings. The van der Waals surface area contributed by atoms with Crippen molar-refractivity contribution in [1.29, 1.82) is 0 Å². The number of hydrogen-bond acceptors (Lipinski definition) is 6. The van der Waals surface area contributed by atoms with Crippen molar-refractivity contribution in [2.24, 2.45) is 0 Å². The molecule has 0 saturated carbocycles. The molecule has 154 valence electrons. The van der Waals surface area contributed by atoms with E-state index in [-0.39, 0.29) is 17.7 Å². The molecule has 1 aromatic heterocycles. The highest BCUT2D eigenvalue weighted by Gasteiger charge is 2.27. The van der Waals surface area contributed by atoms with Crippen LogP contribution in [-0.4, -0.2) is 45.1 Å². The zero-order chi connectivity index (χ0) is 20.3. The number of fused-ring (bicyclic) bond motifs is 2. The summed E-state index contributed by atoms with van der Waals surface area (Å²) >= 11 is 1.40. The summed E-state index contributed by atoms with van der Waals surface area (Å²) in [5.74, 6) is 0.301. The Kier molecular flexibility index (Phi) is 5.50. The number of rotatable bonds is 4. The maximum Gasteiger partial charge on any atom is 0.242 e. The highest BCUT2D eigenvalue weighted by Crippen LogP contribution is 2.36.